The highest BCUT2D eigenvalue weighted by Crippen LogP contribution is 2.22. The van der Waals surface area contributed by atoms with Gasteiger partial charge in [-0.05, 0) is 39.8 Å². The third-order valence-corrected chi connectivity index (χ3v) is 6.13. The highest BCUT2D eigenvalue weighted by Gasteiger charge is 2.29. The number of aromatic nitrogens is 4. The molecule has 0 bridgehead atoms. The van der Waals surface area contributed by atoms with Crippen molar-refractivity contribution in [2.45, 2.75) is 39.3 Å². The molecule has 162 valence electrons. The number of piperazine rings is 1. The Morgan fingerprint density at radius 1 is 1.17 bits per heavy atom. The molecule has 2 aromatic heterocycles. The first-order chi connectivity index (χ1) is 14.5. The molecular weight excluding hydrogens is 382 g/mol. The zero-order valence-electron chi connectivity index (χ0n) is 18.1. The van der Waals surface area contributed by atoms with Gasteiger partial charge in [0.15, 0.2) is 0 Å². The van der Waals surface area contributed by atoms with Crippen molar-refractivity contribution in [3.05, 3.63) is 40.1 Å². The smallest absolute Gasteiger partial charge is 0.272 e. The van der Waals surface area contributed by atoms with E-state index >= 15 is 0 Å². The minimum atomic E-state index is -0.101. The van der Waals surface area contributed by atoms with Gasteiger partial charge >= 0.3 is 0 Å². The number of likely N-dealkylation sites (N-methyl/N-ethyl adjacent to an activating group) is 1. The fourth-order valence-corrected chi connectivity index (χ4v) is 4.38. The molecular formula is C21H31N7O2. The second-order valence-electron chi connectivity index (χ2n) is 8.32. The quantitative estimate of drug-likeness (QED) is 0.744. The van der Waals surface area contributed by atoms with Gasteiger partial charge in [0.1, 0.15) is 5.69 Å². The van der Waals surface area contributed by atoms with E-state index in [1.54, 1.807) is 21.6 Å². The van der Waals surface area contributed by atoms with E-state index in [-0.39, 0.29) is 17.5 Å². The summed E-state index contributed by atoms with van der Waals surface area (Å²) in [6.07, 6.45) is 3.49. The number of rotatable bonds is 4. The predicted octanol–water partition coefficient (Wildman–Crippen LogP) is 0.997. The Bertz CT molecular complexity index is 959. The molecule has 0 N–H and O–H groups in total. The molecule has 30 heavy (non-hydrogen) atoms. The van der Waals surface area contributed by atoms with Crippen molar-refractivity contribution in [1.82, 2.24) is 29.4 Å². The van der Waals surface area contributed by atoms with E-state index < -0.39 is 0 Å². The maximum atomic E-state index is 13.1. The number of anilines is 1. The highest BCUT2D eigenvalue weighted by atomic mass is 16.2. The molecule has 9 nitrogen and oxygen atoms in total. The summed E-state index contributed by atoms with van der Waals surface area (Å²) in [6, 6.07) is 3.43. The maximum Gasteiger partial charge on any atom is 0.272 e. The Morgan fingerprint density at radius 2 is 1.93 bits per heavy atom. The van der Waals surface area contributed by atoms with Gasteiger partial charge in [-0.2, -0.15) is 10.2 Å². The molecule has 0 spiro atoms. The molecule has 2 aromatic rings. The standard InChI is InChI=1S/C21H31N7O2/c1-4-27-19(12-16(2)23-27)21(30)26-7-5-6-17(15-26)28-20(29)13-18(14-22-28)25-10-8-24(3)9-11-25/h12-14,17H,4-11,15H2,1-3H3/t17-/m0/s1. The maximum absolute atomic E-state index is 13.1. The molecule has 2 fully saturated rings. The summed E-state index contributed by atoms with van der Waals surface area (Å²) in [4.78, 5) is 32.3. The van der Waals surface area contributed by atoms with Gasteiger partial charge in [-0.25, -0.2) is 4.68 Å². The Labute approximate surface area is 176 Å². The van der Waals surface area contributed by atoms with Crippen LogP contribution in [0.1, 0.15) is 42.0 Å². The van der Waals surface area contributed by atoms with Gasteiger partial charge in [-0.1, -0.05) is 0 Å². The first kappa shape index (κ1) is 20.6. The second kappa shape index (κ2) is 8.59. The van der Waals surface area contributed by atoms with Crippen LogP contribution in [-0.4, -0.2) is 81.6 Å². The summed E-state index contributed by atoms with van der Waals surface area (Å²) in [7, 11) is 2.11. The largest absolute Gasteiger partial charge is 0.368 e. The third kappa shape index (κ3) is 4.12. The Kier molecular flexibility index (Phi) is 5.90. The lowest BCUT2D eigenvalue weighted by Gasteiger charge is -2.35. The van der Waals surface area contributed by atoms with E-state index in [2.05, 4.69) is 27.0 Å². The molecule has 4 rings (SSSR count). The van der Waals surface area contributed by atoms with E-state index in [4.69, 9.17) is 0 Å². The van der Waals surface area contributed by atoms with Crippen LogP contribution in [0.5, 0.6) is 0 Å². The summed E-state index contributed by atoms with van der Waals surface area (Å²) in [6.45, 7) is 9.48. The fraction of sp³-hybridized carbons (Fsp3) is 0.619. The zero-order valence-corrected chi connectivity index (χ0v) is 18.1. The lowest BCUT2D eigenvalue weighted by molar-refractivity contribution is 0.0657. The van der Waals surface area contributed by atoms with E-state index in [0.29, 0.717) is 25.3 Å². The number of carbonyl (C=O) groups excluding carboxylic acids is 1. The average molecular weight is 414 g/mol. The van der Waals surface area contributed by atoms with Gasteiger partial charge in [0.25, 0.3) is 11.5 Å². The van der Waals surface area contributed by atoms with Crippen LogP contribution in [0.15, 0.2) is 23.1 Å². The average Bonchev–Trinajstić information content (AvgIpc) is 3.14. The molecule has 0 saturated carbocycles. The van der Waals surface area contributed by atoms with Gasteiger partial charge in [0, 0.05) is 51.9 Å². The summed E-state index contributed by atoms with van der Waals surface area (Å²) < 4.78 is 3.30. The molecule has 0 aliphatic carbocycles. The number of aryl methyl sites for hydroxylation is 2. The van der Waals surface area contributed by atoms with Gasteiger partial charge in [0.05, 0.1) is 23.6 Å². The van der Waals surface area contributed by atoms with Crippen LogP contribution in [-0.2, 0) is 6.54 Å². The number of likely N-dealkylation sites (tertiary alicyclic amines) is 1. The molecule has 0 radical (unpaired) electrons. The van der Waals surface area contributed by atoms with Crippen molar-refractivity contribution in [3.8, 4) is 0 Å². The fourth-order valence-electron chi connectivity index (χ4n) is 4.38. The van der Waals surface area contributed by atoms with E-state index in [0.717, 1.165) is 50.4 Å². The van der Waals surface area contributed by atoms with Crippen molar-refractivity contribution >= 4 is 11.6 Å². The van der Waals surface area contributed by atoms with Crippen LogP contribution >= 0.6 is 0 Å². The van der Waals surface area contributed by atoms with Crippen molar-refractivity contribution in [1.29, 1.82) is 0 Å². The Morgan fingerprint density at radius 3 is 2.63 bits per heavy atom. The van der Waals surface area contributed by atoms with Crippen molar-refractivity contribution in [3.63, 3.8) is 0 Å². The van der Waals surface area contributed by atoms with Gasteiger partial charge in [-0.3, -0.25) is 14.3 Å². The van der Waals surface area contributed by atoms with Crippen LogP contribution in [0.25, 0.3) is 0 Å². The van der Waals surface area contributed by atoms with E-state index in [9.17, 15) is 9.59 Å². The molecule has 9 heteroatoms. The number of amides is 1. The zero-order chi connectivity index (χ0) is 21.3. The van der Waals surface area contributed by atoms with Crippen LogP contribution < -0.4 is 10.5 Å². The first-order valence-corrected chi connectivity index (χ1v) is 10.8. The molecule has 4 heterocycles. The van der Waals surface area contributed by atoms with E-state index in [1.807, 2.05) is 24.8 Å². The van der Waals surface area contributed by atoms with Crippen molar-refractivity contribution in [2.24, 2.45) is 0 Å². The topological polar surface area (TPSA) is 79.5 Å². The summed E-state index contributed by atoms with van der Waals surface area (Å²) in [5.74, 6) is -0.0238. The molecule has 2 aliphatic rings. The number of hydrogen-bond acceptors (Lipinski definition) is 6. The molecule has 1 amide bonds. The van der Waals surface area contributed by atoms with Crippen LogP contribution in [0, 0.1) is 6.92 Å². The number of hydrogen-bond donors (Lipinski definition) is 0. The second-order valence-corrected chi connectivity index (χ2v) is 8.32. The minimum Gasteiger partial charge on any atom is -0.368 e. The first-order valence-electron chi connectivity index (χ1n) is 10.8. The number of nitrogens with zero attached hydrogens (tertiary/aromatic N) is 7. The number of carbonyl (C=O) groups is 1. The molecule has 1 atom stereocenters. The molecule has 0 unspecified atom stereocenters. The Balaban J connectivity index is 1.49. The van der Waals surface area contributed by atoms with Crippen LogP contribution in [0.2, 0.25) is 0 Å². The van der Waals surface area contributed by atoms with E-state index in [1.165, 1.54) is 0 Å². The minimum absolute atomic E-state index is 0.0238. The lowest BCUT2D eigenvalue weighted by Crippen LogP contribution is -2.46. The SMILES string of the molecule is CCn1nc(C)cc1C(=O)N1CCC[C@H](n2ncc(N3CCN(C)CC3)cc2=O)C1. The summed E-state index contributed by atoms with van der Waals surface area (Å²) in [5, 5.41) is 8.88. The normalized spacial score (nSPS) is 20.6. The van der Waals surface area contributed by atoms with Gasteiger partial charge < -0.3 is 14.7 Å². The van der Waals surface area contributed by atoms with Gasteiger partial charge in [0.2, 0.25) is 0 Å². The lowest BCUT2D eigenvalue weighted by atomic mass is 10.1. The van der Waals surface area contributed by atoms with Crippen molar-refractivity contribution < 1.29 is 4.79 Å². The monoisotopic (exact) mass is 413 g/mol. The highest BCUT2D eigenvalue weighted by molar-refractivity contribution is 5.92. The predicted molar refractivity (Wildman–Crippen MR) is 115 cm³/mol. The van der Waals surface area contributed by atoms with Crippen molar-refractivity contribution in [2.75, 3.05) is 51.2 Å². The number of piperidine rings is 1. The molecule has 2 aliphatic heterocycles. The van der Waals surface area contributed by atoms with Gasteiger partial charge in [-0.15, -0.1) is 0 Å². The summed E-state index contributed by atoms with van der Waals surface area (Å²) in [5.41, 5.74) is 2.24. The van der Waals surface area contributed by atoms with Crippen LogP contribution in [0.3, 0.4) is 0 Å². The molecule has 0 aromatic carbocycles. The third-order valence-electron chi connectivity index (χ3n) is 6.13. The Hall–Kier alpha value is -2.68. The van der Waals surface area contributed by atoms with Crippen LogP contribution in [0.4, 0.5) is 5.69 Å². The molecule has 2 saturated heterocycles. The summed E-state index contributed by atoms with van der Waals surface area (Å²) >= 11 is 0.